The number of hydrogen-bond donors (Lipinski definition) is 1. The predicted molar refractivity (Wildman–Crippen MR) is 136 cm³/mol. The largest absolute Gasteiger partial charge is 0.494 e. The van der Waals surface area contributed by atoms with Crippen LogP contribution in [0.3, 0.4) is 0 Å². The summed E-state index contributed by atoms with van der Waals surface area (Å²) in [6.07, 6.45) is 1.41. The van der Waals surface area contributed by atoms with Gasteiger partial charge in [0.1, 0.15) is 17.4 Å². The monoisotopic (exact) mass is 467 g/mol. The molecule has 0 aliphatic rings. The molecule has 0 saturated heterocycles. The maximum Gasteiger partial charge on any atom is 0.251 e. The van der Waals surface area contributed by atoms with Gasteiger partial charge in [-0.05, 0) is 65.7 Å². The fourth-order valence-corrected chi connectivity index (χ4v) is 4.23. The molecule has 4 aromatic carbocycles. The topological polar surface area (TPSA) is 56.2 Å². The van der Waals surface area contributed by atoms with E-state index in [4.69, 9.17) is 9.72 Å². The third-order valence-electron chi connectivity index (χ3n) is 5.99. The molecule has 0 spiro atoms. The number of carbonyl (C=O) groups excluding carboxylic acids is 1. The lowest BCUT2D eigenvalue weighted by molar-refractivity contribution is 0.0954. The van der Waals surface area contributed by atoms with Gasteiger partial charge < -0.3 is 14.6 Å². The van der Waals surface area contributed by atoms with Crippen molar-refractivity contribution in [1.82, 2.24) is 14.9 Å². The number of aryl methyl sites for hydroxylation is 1. The van der Waals surface area contributed by atoms with Crippen LogP contribution in [0, 0.1) is 5.82 Å². The van der Waals surface area contributed by atoms with E-state index < -0.39 is 0 Å². The van der Waals surface area contributed by atoms with Crippen LogP contribution in [-0.2, 0) is 13.0 Å². The zero-order chi connectivity index (χ0) is 24.0. The van der Waals surface area contributed by atoms with Crippen LogP contribution in [-0.4, -0.2) is 28.6 Å². The lowest BCUT2D eigenvalue weighted by Crippen LogP contribution is -2.26. The molecule has 0 radical (unpaired) electrons. The van der Waals surface area contributed by atoms with Gasteiger partial charge in [-0.1, -0.05) is 42.5 Å². The molecule has 1 heterocycles. The molecule has 6 heteroatoms. The Bertz CT molecular complexity index is 1460. The van der Waals surface area contributed by atoms with Crippen molar-refractivity contribution in [2.45, 2.75) is 19.4 Å². The van der Waals surface area contributed by atoms with Gasteiger partial charge in [0, 0.05) is 25.1 Å². The van der Waals surface area contributed by atoms with Crippen molar-refractivity contribution in [1.29, 1.82) is 0 Å². The molecule has 176 valence electrons. The summed E-state index contributed by atoms with van der Waals surface area (Å²) < 4.78 is 21.3. The lowest BCUT2D eigenvalue weighted by atomic mass is 10.1. The molecule has 5 nitrogen and oxygen atoms in total. The molecule has 0 aliphatic heterocycles. The number of nitrogens with zero attached hydrogens (tertiary/aromatic N) is 2. The summed E-state index contributed by atoms with van der Waals surface area (Å²) in [7, 11) is 0. The number of hydrogen-bond acceptors (Lipinski definition) is 3. The molecular formula is C29H26FN3O2. The third-order valence-corrected chi connectivity index (χ3v) is 5.99. The second-order valence-corrected chi connectivity index (χ2v) is 8.39. The van der Waals surface area contributed by atoms with Crippen LogP contribution in [0.1, 0.15) is 22.6 Å². The van der Waals surface area contributed by atoms with E-state index in [1.54, 1.807) is 0 Å². The van der Waals surface area contributed by atoms with Gasteiger partial charge in [-0.25, -0.2) is 9.37 Å². The summed E-state index contributed by atoms with van der Waals surface area (Å²) >= 11 is 0. The Hall–Kier alpha value is -4.19. The predicted octanol–water partition coefficient (Wildman–Crippen LogP) is 5.77. The number of aromatic nitrogens is 2. The maximum atomic E-state index is 13.1. The van der Waals surface area contributed by atoms with E-state index >= 15 is 0 Å². The number of benzene rings is 4. The number of amides is 1. The number of nitrogens with one attached hydrogen (secondary N) is 1. The molecule has 0 fully saturated rings. The number of fused-ring (bicyclic) bond motifs is 2. The van der Waals surface area contributed by atoms with Crippen LogP contribution in [0.25, 0.3) is 21.8 Å². The maximum absolute atomic E-state index is 13.1. The van der Waals surface area contributed by atoms with Crippen LogP contribution in [0.4, 0.5) is 4.39 Å². The zero-order valence-corrected chi connectivity index (χ0v) is 19.3. The van der Waals surface area contributed by atoms with Crippen molar-refractivity contribution in [2.24, 2.45) is 0 Å². The molecule has 0 unspecified atom stereocenters. The van der Waals surface area contributed by atoms with Crippen molar-refractivity contribution in [3.63, 3.8) is 0 Å². The van der Waals surface area contributed by atoms with Gasteiger partial charge in [-0.15, -0.1) is 0 Å². The van der Waals surface area contributed by atoms with Crippen molar-refractivity contribution in [3.05, 3.63) is 108 Å². The summed E-state index contributed by atoms with van der Waals surface area (Å²) in [6.45, 7) is 1.79. The number of para-hydroxylation sites is 2. The summed E-state index contributed by atoms with van der Waals surface area (Å²) in [5.74, 6) is 1.19. The van der Waals surface area contributed by atoms with Gasteiger partial charge in [-0.2, -0.15) is 0 Å². The Morgan fingerprint density at radius 3 is 2.54 bits per heavy atom. The van der Waals surface area contributed by atoms with Crippen molar-refractivity contribution < 1.29 is 13.9 Å². The highest BCUT2D eigenvalue weighted by Crippen LogP contribution is 2.21. The second kappa shape index (κ2) is 10.4. The quantitative estimate of drug-likeness (QED) is 0.280. The summed E-state index contributed by atoms with van der Waals surface area (Å²) in [5, 5.41) is 5.26. The Kier molecular flexibility index (Phi) is 6.70. The fraction of sp³-hybridized carbons (Fsp3) is 0.172. The Morgan fingerprint density at radius 2 is 1.69 bits per heavy atom. The third kappa shape index (κ3) is 5.32. The highest BCUT2D eigenvalue weighted by molar-refractivity contribution is 5.94. The Balaban J connectivity index is 1.20. The van der Waals surface area contributed by atoms with Crippen molar-refractivity contribution in [2.75, 3.05) is 13.2 Å². The van der Waals surface area contributed by atoms with Crippen molar-refractivity contribution in [3.8, 4) is 5.75 Å². The molecule has 5 aromatic rings. The molecule has 0 bridgehead atoms. The number of ether oxygens (including phenoxy) is 1. The number of imidazole rings is 1. The van der Waals surface area contributed by atoms with Crippen LogP contribution >= 0.6 is 0 Å². The van der Waals surface area contributed by atoms with Crippen LogP contribution in [0.2, 0.25) is 0 Å². The average Bonchev–Trinajstić information content (AvgIpc) is 3.24. The first-order chi connectivity index (χ1) is 17.2. The van der Waals surface area contributed by atoms with E-state index in [2.05, 4.69) is 40.2 Å². The van der Waals surface area contributed by atoms with Gasteiger partial charge in [0.15, 0.2) is 0 Å². The number of rotatable bonds is 9. The lowest BCUT2D eigenvalue weighted by Gasteiger charge is -2.11. The first-order valence-electron chi connectivity index (χ1n) is 11.8. The van der Waals surface area contributed by atoms with E-state index in [-0.39, 0.29) is 11.7 Å². The first kappa shape index (κ1) is 22.6. The molecule has 0 saturated carbocycles. The highest BCUT2D eigenvalue weighted by atomic mass is 19.1. The molecule has 0 aliphatic carbocycles. The van der Waals surface area contributed by atoms with Gasteiger partial charge in [-0.3, -0.25) is 4.79 Å². The molecule has 35 heavy (non-hydrogen) atoms. The standard InChI is InChI=1S/C29H26FN3O2/c30-24-13-10-22(11-14-24)29(34)31-17-16-28-32-26-8-3-4-9-27(26)33(28)18-5-19-35-25-15-12-21-6-1-2-7-23(21)20-25/h1-4,6-15,20H,5,16-19H2,(H,31,34). The summed E-state index contributed by atoms with van der Waals surface area (Å²) in [6, 6.07) is 28.0. The smallest absolute Gasteiger partial charge is 0.251 e. The highest BCUT2D eigenvalue weighted by Gasteiger charge is 2.12. The SMILES string of the molecule is O=C(NCCc1nc2ccccc2n1CCCOc1ccc2ccccc2c1)c1ccc(F)cc1. The number of halogens is 1. The van der Waals surface area contributed by atoms with Gasteiger partial charge in [0.25, 0.3) is 5.91 Å². The zero-order valence-electron chi connectivity index (χ0n) is 19.3. The summed E-state index contributed by atoms with van der Waals surface area (Å²) in [4.78, 5) is 17.1. The fourth-order valence-electron chi connectivity index (χ4n) is 4.23. The first-order valence-corrected chi connectivity index (χ1v) is 11.8. The van der Waals surface area contributed by atoms with E-state index in [0.717, 1.165) is 41.0 Å². The van der Waals surface area contributed by atoms with E-state index in [1.807, 2.05) is 36.4 Å². The van der Waals surface area contributed by atoms with E-state index in [9.17, 15) is 9.18 Å². The molecular weight excluding hydrogens is 441 g/mol. The van der Waals surface area contributed by atoms with Crippen LogP contribution in [0.15, 0.2) is 91.0 Å². The van der Waals surface area contributed by atoms with Gasteiger partial charge in [0.2, 0.25) is 0 Å². The van der Waals surface area contributed by atoms with Crippen LogP contribution in [0.5, 0.6) is 5.75 Å². The Morgan fingerprint density at radius 1 is 0.914 bits per heavy atom. The van der Waals surface area contributed by atoms with Crippen LogP contribution < -0.4 is 10.1 Å². The second-order valence-electron chi connectivity index (χ2n) is 8.39. The molecule has 5 rings (SSSR count). The minimum Gasteiger partial charge on any atom is -0.494 e. The molecule has 1 aromatic heterocycles. The van der Waals surface area contributed by atoms with E-state index in [0.29, 0.717) is 25.1 Å². The molecule has 0 atom stereocenters. The average molecular weight is 468 g/mol. The minimum atomic E-state index is -0.361. The number of carbonyl (C=O) groups is 1. The Labute approximate surface area is 203 Å². The molecule has 1 N–H and O–H groups in total. The minimum absolute atomic E-state index is 0.226. The van der Waals surface area contributed by atoms with Crippen molar-refractivity contribution >= 4 is 27.7 Å². The normalized spacial score (nSPS) is 11.1. The molecule has 1 amide bonds. The summed E-state index contributed by atoms with van der Waals surface area (Å²) in [5.41, 5.74) is 2.44. The van der Waals surface area contributed by atoms with Gasteiger partial charge >= 0.3 is 0 Å². The van der Waals surface area contributed by atoms with E-state index in [1.165, 1.54) is 29.7 Å². The van der Waals surface area contributed by atoms with Gasteiger partial charge in [0.05, 0.1) is 17.6 Å².